The van der Waals surface area contributed by atoms with Crippen molar-refractivity contribution in [3.05, 3.63) is 77.9 Å². The average molecular weight is 311 g/mol. The third-order valence-corrected chi connectivity index (χ3v) is 5.95. The number of nitrogen functional groups attached to an aromatic ring is 1. The topological polar surface area (TPSA) is 26.0 Å². The molecule has 0 heterocycles. The zero-order valence-electron chi connectivity index (χ0n) is 13.8. The van der Waals surface area contributed by atoms with Gasteiger partial charge in [0.25, 0.3) is 0 Å². The number of anilines is 1. The molecule has 0 amide bonds. The van der Waals surface area contributed by atoms with Crippen LogP contribution >= 0.6 is 0 Å². The molecule has 1 nitrogen and oxygen atoms in total. The van der Waals surface area contributed by atoms with Crippen LogP contribution in [0.1, 0.15) is 36.8 Å². The van der Waals surface area contributed by atoms with E-state index in [0.717, 1.165) is 5.69 Å². The fourth-order valence-corrected chi connectivity index (χ4v) is 4.96. The normalized spacial score (nSPS) is 17.0. The van der Waals surface area contributed by atoms with E-state index in [0.29, 0.717) is 0 Å². The molecule has 5 rings (SSSR count). The molecule has 2 aliphatic carbocycles. The van der Waals surface area contributed by atoms with Crippen LogP contribution in [0.2, 0.25) is 0 Å². The zero-order valence-corrected chi connectivity index (χ0v) is 13.8. The first-order valence-electron chi connectivity index (χ1n) is 8.89. The fraction of sp³-hybridized carbons (Fsp3) is 0.217. The third kappa shape index (κ3) is 1.76. The summed E-state index contributed by atoms with van der Waals surface area (Å²) in [6, 6.07) is 24.2. The first-order valence-corrected chi connectivity index (χ1v) is 8.89. The van der Waals surface area contributed by atoms with Gasteiger partial charge in [-0.15, -0.1) is 0 Å². The van der Waals surface area contributed by atoms with Crippen LogP contribution in [0.25, 0.3) is 22.3 Å². The Hall–Kier alpha value is -2.54. The minimum atomic E-state index is 0.212. The van der Waals surface area contributed by atoms with Gasteiger partial charge in [-0.1, -0.05) is 67.4 Å². The maximum absolute atomic E-state index is 5.90. The highest BCUT2D eigenvalue weighted by atomic mass is 14.5. The summed E-state index contributed by atoms with van der Waals surface area (Å²) in [5.74, 6) is 0. The lowest BCUT2D eigenvalue weighted by Crippen LogP contribution is -2.21. The second kappa shape index (κ2) is 4.98. The van der Waals surface area contributed by atoms with Crippen molar-refractivity contribution in [2.45, 2.75) is 31.1 Å². The average Bonchev–Trinajstić information content (AvgIpc) is 3.22. The quantitative estimate of drug-likeness (QED) is 0.567. The molecular formula is C23H21N. The summed E-state index contributed by atoms with van der Waals surface area (Å²) in [6.07, 6.45) is 5.18. The summed E-state index contributed by atoms with van der Waals surface area (Å²) >= 11 is 0. The van der Waals surface area contributed by atoms with Gasteiger partial charge in [0.1, 0.15) is 0 Å². The van der Waals surface area contributed by atoms with Gasteiger partial charge in [-0.05, 0) is 58.4 Å². The lowest BCUT2D eigenvalue weighted by molar-refractivity contribution is 0.551. The van der Waals surface area contributed by atoms with Crippen molar-refractivity contribution in [3.63, 3.8) is 0 Å². The van der Waals surface area contributed by atoms with Crippen LogP contribution < -0.4 is 5.73 Å². The SMILES string of the molecule is Nc1ccc(-c2cccc3c2C2(CCCC2)c2ccccc2-3)cc1. The Morgan fingerprint density at radius 2 is 1.33 bits per heavy atom. The van der Waals surface area contributed by atoms with Crippen LogP contribution in [0.15, 0.2) is 66.7 Å². The van der Waals surface area contributed by atoms with Crippen molar-refractivity contribution < 1.29 is 0 Å². The van der Waals surface area contributed by atoms with E-state index in [2.05, 4.69) is 54.6 Å². The molecule has 0 aliphatic heterocycles. The summed E-state index contributed by atoms with van der Waals surface area (Å²) in [4.78, 5) is 0. The summed E-state index contributed by atoms with van der Waals surface area (Å²) in [5, 5.41) is 0. The largest absolute Gasteiger partial charge is 0.399 e. The molecule has 3 aromatic rings. The van der Waals surface area contributed by atoms with E-state index in [1.807, 2.05) is 12.1 Å². The van der Waals surface area contributed by atoms with Gasteiger partial charge in [-0.25, -0.2) is 0 Å². The second-order valence-corrected chi connectivity index (χ2v) is 7.18. The van der Waals surface area contributed by atoms with Crippen molar-refractivity contribution in [1.29, 1.82) is 0 Å². The Balaban J connectivity index is 1.82. The number of hydrogen-bond acceptors (Lipinski definition) is 1. The second-order valence-electron chi connectivity index (χ2n) is 7.18. The summed E-state index contributed by atoms with van der Waals surface area (Å²) < 4.78 is 0. The van der Waals surface area contributed by atoms with Gasteiger partial charge in [-0.3, -0.25) is 0 Å². The Morgan fingerprint density at radius 3 is 2.12 bits per heavy atom. The van der Waals surface area contributed by atoms with Crippen LogP contribution in [-0.4, -0.2) is 0 Å². The minimum absolute atomic E-state index is 0.212. The highest BCUT2D eigenvalue weighted by Gasteiger charge is 2.46. The Labute approximate surface area is 143 Å². The van der Waals surface area contributed by atoms with E-state index < -0.39 is 0 Å². The van der Waals surface area contributed by atoms with Crippen LogP contribution in [-0.2, 0) is 5.41 Å². The van der Waals surface area contributed by atoms with E-state index in [-0.39, 0.29) is 5.41 Å². The molecule has 0 bridgehead atoms. The van der Waals surface area contributed by atoms with Crippen molar-refractivity contribution in [1.82, 2.24) is 0 Å². The van der Waals surface area contributed by atoms with Crippen LogP contribution in [0.4, 0.5) is 5.69 Å². The minimum Gasteiger partial charge on any atom is -0.399 e. The fourth-order valence-electron chi connectivity index (χ4n) is 4.96. The van der Waals surface area contributed by atoms with E-state index in [1.165, 1.54) is 47.9 Å². The van der Waals surface area contributed by atoms with Crippen LogP contribution in [0.3, 0.4) is 0 Å². The summed E-state index contributed by atoms with van der Waals surface area (Å²) in [6.45, 7) is 0. The van der Waals surface area contributed by atoms with Crippen LogP contribution in [0, 0.1) is 0 Å². The van der Waals surface area contributed by atoms with Gasteiger partial charge in [0.15, 0.2) is 0 Å². The van der Waals surface area contributed by atoms with Crippen molar-refractivity contribution >= 4 is 5.69 Å². The molecule has 1 saturated carbocycles. The van der Waals surface area contributed by atoms with Gasteiger partial charge in [0.2, 0.25) is 0 Å². The number of fused-ring (bicyclic) bond motifs is 5. The molecule has 24 heavy (non-hydrogen) atoms. The predicted octanol–water partition coefficient (Wildman–Crippen LogP) is 5.78. The van der Waals surface area contributed by atoms with E-state index in [4.69, 9.17) is 5.73 Å². The Kier molecular flexibility index (Phi) is 2.87. The highest BCUT2D eigenvalue weighted by Crippen LogP contribution is 2.59. The maximum atomic E-state index is 5.90. The van der Waals surface area contributed by atoms with Gasteiger partial charge < -0.3 is 5.73 Å². The molecule has 0 aromatic heterocycles. The van der Waals surface area contributed by atoms with Crippen molar-refractivity contribution in [2.75, 3.05) is 5.73 Å². The zero-order chi connectivity index (χ0) is 16.1. The summed E-state index contributed by atoms with van der Waals surface area (Å²) in [5.41, 5.74) is 15.6. The molecule has 0 radical (unpaired) electrons. The maximum Gasteiger partial charge on any atom is 0.0314 e. The molecule has 0 atom stereocenters. The first-order chi connectivity index (χ1) is 11.8. The molecule has 118 valence electrons. The van der Waals surface area contributed by atoms with E-state index in [9.17, 15) is 0 Å². The standard InChI is InChI=1S/C23H21N/c24-17-12-10-16(11-13-17)18-7-5-8-20-19-6-1-2-9-21(19)23(22(18)20)14-3-4-15-23/h1-2,5-13H,3-4,14-15,24H2. The molecule has 0 saturated heterocycles. The Bertz CT molecular complexity index is 915. The monoisotopic (exact) mass is 311 g/mol. The molecule has 1 spiro atoms. The first kappa shape index (κ1) is 13.9. The molecule has 0 unspecified atom stereocenters. The van der Waals surface area contributed by atoms with Crippen LogP contribution in [0.5, 0.6) is 0 Å². The number of benzene rings is 3. The highest BCUT2D eigenvalue weighted by molar-refractivity contribution is 5.88. The van der Waals surface area contributed by atoms with E-state index in [1.54, 1.807) is 11.1 Å². The Morgan fingerprint density at radius 1 is 0.667 bits per heavy atom. The number of rotatable bonds is 1. The predicted molar refractivity (Wildman–Crippen MR) is 101 cm³/mol. The molecular weight excluding hydrogens is 290 g/mol. The smallest absolute Gasteiger partial charge is 0.0314 e. The van der Waals surface area contributed by atoms with Gasteiger partial charge in [-0.2, -0.15) is 0 Å². The summed E-state index contributed by atoms with van der Waals surface area (Å²) in [7, 11) is 0. The van der Waals surface area contributed by atoms with Crippen molar-refractivity contribution in [3.8, 4) is 22.3 Å². The van der Waals surface area contributed by atoms with Gasteiger partial charge in [0.05, 0.1) is 0 Å². The van der Waals surface area contributed by atoms with Gasteiger partial charge >= 0.3 is 0 Å². The molecule has 2 N–H and O–H groups in total. The third-order valence-electron chi connectivity index (χ3n) is 5.95. The lowest BCUT2D eigenvalue weighted by atomic mass is 9.74. The number of hydrogen-bond donors (Lipinski definition) is 1. The molecule has 2 aliphatic rings. The van der Waals surface area contributed by atoms with Gasteiger partial charge in [0, 0.05) is 11.1 Å². The lowest BCUT2D eigenvalue weighted by Gasteiger charge is -2.29. The molecule has 3 aromatic carbocycles. The number of nitrogens with two attached hydrogens (primary N) is 1. The van der Waals surface area contributed by atoms with E-state index >= 15 is 0 Å². The molecule has 1 fully saturated rings. The van der Waals surface area contributed by atoms with Crippen molar-refractivity contribution in [2.24, 2.45) is 0 Å². The molecule has 1 heteroatoms.